The van der Waals surface area contributed by atoms with Gasteiger partial charge in [0.1, 0.15) is 0 Å². The van der Waals surface area contributed by atoms with Gasteiger partial charge >= 0.3 is 5.97 Å². The first-order valence-electron chi connectivity index (χ1n) is 4.57. The van der Waals surface area contributed by atoms with Gasteiger partial charge in [0.2, 0.25) is 5.91 Å². The molecule has 0 bridgehead atoms. The van der Waals surface area contributed by atoms with E-state index in [4.69, 9.17) is 5.11 Å². The number of hydrogen-bond acceptors (Lipinski definition) is 2. The standard InChI is InChI=1S/C9H13NO3/c1-5(11)10-3-7-6(2-9(12)13)8(7)4-10/h6-8H,2-4H2,1H3,(H,12,13)/t6?,7-,8+. The van der Waals surface area contributed by atoms with E-state index >= 15 is 0 Å². The average molecular weight is 183 g/mol. The van der Waals surface area contributed by atoms with Crippen molar-refractivity contribution in [2.24, 2.45) is 17.8 Å². The minimum absolute atomic E-state index is 0.112. The highest BCUT2D eigenvalue weighted by atomic mass is 16.4. The molecule has 0 aromatic heterocycles. The molecule has 4 nitrogen and oxygen atoms in total. The average Bonchev–Trinajstić information content (AvgIpc) is 2.51. The first kappa shape index (κ1) is 8.53. The molecule has 2 rings (SSSR count). The number of nitrogens with zero attached hydrogens (tertiary/aromatic N) is 1. The minimum atomic E-state index is -0.714. The molecule has 1 heterocycles. The third kappa shape index (κ3) is 1.41. The van der Waals surface area contributed by atoms with E-state index in [2.05, 4.69) is 0 Å². The zero-order valence-corrected chi connectivity index (χ0v) is 7.56. The van der Waals surface area contributed by atoms with E-state index in [1.165, 1.54) is 0 Å². The van der Waals surface area contributed by atoms with Gasteiger partial charge in [-0.3, -0.25) is 9.59 Å². The minimum Gasteiger partial charge on any atom is -0.481 e. The van der Waals surface area contributed by atoms with Crippen molar-refractivity contribution in [1.29, 1.82) is 0 Å². The first-order chi connectivity index (χ1) is 6.09. The molecule has 1 unspecified atom stereocenters. The quantitative estimate of drug-likeness (QED) is 0.664. The van der Waals surface area contributed by atoms with Crippen LogP contribution in [0.2, 0.25) is 0 Å². The summed E-state index contributed by atoms with van der Waals surface area (Å²) in [6.45, 7) is 3.12. The molecule has 0 spiro atoms. The SMILES string of the molecule is CC(=O)N1C[C@@H]2C(CC(=O)O)[C@@H]2C1. The van der Waals surface area contributed by atoms with Crippen molar-refractivity contribution < 1.29 is 14.7 Å². The van der Waals surface area contributed by atoms with Crippen LogP contribution in [0.15, 0.2) is 0 Å². The molecule has 0 radical (unpaired) electrons. The van der Waals surface area contributed by atoms with Gasteiger partial charge in [0, 0.05) is 26.4 Å². The molecule has 3 atom stereocenters. The Bertz CT molecular complexity index is 252. The number of aliphatic carboxylic acids is 1. The molecule has 0 aromatic rings. The van der Waals surface area contributed by atoms with Gasteiger partial charge in [-0.25, -0.2) is 0 Å². The van der Waals surface area contributed by atoms with Crippen LogP contribution in [0.1, 0.15) is 13.3 Å². The van der Waals surface area contributed by atoms with Crippen LogP contribution >= 0.6 is 0 Å². The Morgan fingerprint density at radius 3 is 2.31 bits per heavy atom. The van der Waals surface area contributed by atoms with Crippen LogP contribution in [0.25, 0.3) is 0 Å². The highest BCUT2D eigenvalue weighted by Gasteiger charge is 2.56. The van der Waals surface area contributed by atoms with E-state index in [9.17, 15) is 9.59 Å². The Balaban J connectivity index is 1.84. The maximum atomic E-state index is 11.0. The van der Waals surface area contributed by atoms with Crippen LogP contribution in [0.3, 0.4) is 0 Å². The van der Waals surface area contributed by atoms with Gasteiger partial charge in [-0.2, -0.15) is 0 Å². The van der Waals surface area contributed by atoms with E-state index in [1.807, 2.05) is 4.90 Å². The fourth-order valence-electron chi connectivity index (χ4n) is 2.41. The molecule has 1 aliphatic heterocycles. The van der Waals surface area contributed by atoms with Crippen molar-refractivity contribution >= 4 is 11.9 Å². The smallest absolute Gasteiger partial charge is 0.303 e. The predicted octanol–water partition coefficient (Wildman–Crippen LogP) is 0.185. The Kier molecular flexibility index (Phi) is 1.78. The molecule has 1 amide bonds. The van der Waals surface area contributed by atoms with Gasteiger partial charge in [-0.15, -0.1) is 0 Å². The van der Waals surface area contributed by atoms with Gasteiger partial charge in [-0.1, -0.05) is 0 Å². The number of fused-ring (bicyclic) bond motifs is 1. The molecule has 1 aliphatic carbocycles. The second kappa shape index (κ2) is 2.72. The number of carbonyl (C=O) groups excluding carboxylic acids is 1. The van der Waals surface area contributed by atoms with E-state index in [0.29, 0.717) is 17.8 Å². The molecule has 2 aliphatic rings. The summed E-state index contributed by atoms with van der Waals surface area (Å²) in [7, 11) is 0. The molecule has 2 fully saturated rings. The fraction of sp³-hybridized carbons (Fsp3) is 0.778. The predicted molar refractivity (Wildman–Crippen MR) is 45.0 cm³/mol. The summed E-state index contributed by atoms with van der Waals surface area (Å²) >= 11 is 0. The van der Waals surface area contributed by atoms with Crippen molar-refractivity contribution in [3.05, 3.63) is 0 Å². The summed E-state index contributed by atoms with van der Waals surface area (Å²) < 4.78 is 0. The van der Waals surface area contributed by atoms with Crippen molar-refractivity contribution in [3.8, 4) is 0 Å². The number of likely N-dealkylation sites (tertiary alicyclic amines) is 1. The van der Waals surface area contributed by atoms with Crippen LogP contribution in [-0.2, 0) is 9.59 Å². The largest absolute Gasteiger partial charge is 0.481 e. The van der Waals surface area contributed by atoms with Crippen molar-refractivity contribution in [2.75, 3.05) is 13.1 Å². The Morgan fingerprint density at radius 2 is 1.92 bits per heavy atom. The topological polar surface area (TPSA) is 57.6 Å². The van der Waals surface area contributed by atoms with Crippen LogP contribution in [-0.4, -0.2) is 35.0 Å². The van der Waals surface area contributed by atoms with Crippen LogP contribution in [0.4, 0.5) is 0 Å². The molecule has 1 saturated heterocycles. The van der Waals surface area contributed by atoms with Crippen LogP contribution < -0.4 is 0 Å². The van der Waals surface area contributed by atoms with Crippen molar-refractivity contribution in [3.63, 3.8) is 0 Å². The first-order valence-corrected chi connectivity index (χ1v) is 4.57. The lowest BCUT2D eigenvalue weighted by Gasteiger charge is -2.16. The normalized spacial score (nSPS) is 35.8. The van der Waals surface area contributed by atoms with Gasteiger partial charge < -0.3 is 10.0 Å². The van der Waals surface area contributed by atoms with Gasteiger partial charge in [0.15, 0.2) is 0 Å². The molecule has 0 aromatic carbocycles. The summed E-state index contributed by atoms with van der Waals surface area (Å²) in [6, 6.07) is 0. The second-order valence-electron chi connectivity index (χ2n) is 4.01. The molecule has 1 N–H and O–H groups in total. The summed E-state index contributed by atoms with van der Waals surface area (Å²) in [5.74, 6) is 0.683. The van der Waals surface area contributed by atoms with E-state index < -0.39 is 5.97 Å². The van der Waals surface area contributed by atoms with Gasteiger partial charge in [-0.05, 0) is 17.8 Å². The molecule has 1 saturated carbocycles. The van der Waals surface area contributed by atoms with E-state index in [-0.39, 0.29) is 12.3 Å². The molecule has 72 valence electrons. The lowest BCUT2D eigenvalue weighted by molar-refractivity contribution is -0.137. The molecular formula is C9H13NO3. The summed E-state index contributed by atoms with van der Waals surface area (Å²) in [4.78, 5) is 23.2. The van der Waals surface area contributed by atoms with Gasteiger partial charge in [0.25, 0.3) is 0 Å². The Hall–Kier alpha value is -1.06. The second-order valence-corrected chi connectivity index (χ2v) is 4.01. The number of rotatable bonds is 2. The molecule has 13 heavy (non-hydrogen) atoms. The monoisotopic (exact) mass is 183 g/mol. The number of amides is 1. The number of carbonyl (C=O) groups is 2. The Morgan fingerprint density at radius 1 is 1.38 bits per heavy atom. The van der Waals surface area contributed by atoms with Crippen LogP contribution in [0.5, 0.6) is 0 Å². The zero-order valence-electron chi connectivity index (χ0n) is 7.56. The summed E-state index contributed by atoms with van der Waals surface area (Å²) in [6.07, 6.45) is 0.279. The number of carboxylic acid groups (broad SMARTS) is 1. The third-order valence-electron chi connectivity index (χ3n) is 3.23. The number of hydrogen-bond donors (Lipinski definition) is 1. The molecular weight excluding hydrogens is 170 g/mol. The van der Waals surface area contributed by atoms with Crippen molar-refractivity contribution in [1.82, 2.24) is 4.90 Å². The van der Waals surface area contributed by atoms with Crippen molar-refractivity contribution in [2.45, 2.75) is 13.3 Å². The number of carboxylic acids is 1. The summed E-state index contributed by atoms with van der Waals surface area (Å²) in [5, 5.41) is 8.57. The maximum absolute atomic E-state index is 11.0. The maximum Gasteiger partial charge on any atom is 0.303 e. The third-order valence-corrected chi connectivity index (χ3v) is 3.23. The highest BCUT2D eigenvalue weighted by Crippen LogP contribution is 2.53. The van der Waals surface area contributed by atoms with Crippen LogP contribution in [0, 0.1) is 17.8 Å². The zero-order chi connectivity index (χ0) is 9.59. The lowest BCUT2D eigenvalue weighted by Crippen LogP contribution is -2.29. The summed E-state index contributed by atoms with van der Waals surface area (Å²) in [5.41, 5.74) is 0. The van der Waals surface area contributed by atoms with E-state index in [0.717, 1.165) is 13.1 Å². The number of piperidine rings is 1. The lowest BCUT2D eigenvalue weighted by atomic mass is 10.2. The molecule has 4 heteroatoms. The Labute approximate surface area is 76.5 Å². The van der Waals surface area contributed by atoms with E-state index in [1.54, 1.807) is 6.92 Å². The van der Waals surface area contributed by atoms with Gasteiger partial charge in [0.05, 0.1) is 0 Å². The highest BCUT2D eigenvalue weighted by molar-refractivity contribution is 5.74. The fourth-order valence-corrected chi connectivity index (χ4v) is 2.41.